The van der Waals surface area contributed by atoms with Gasteiger partial charge in [-0.05, 0) is 12.5 Å². The number of carbonyl (C=O) groups excluding carboxylic acids is 1. The lowest BCUT2D eigenvalue weighted by Gasteiger charge is -2.19. The number of nitrogens with zero attached hydrogens (tertiary/aromatic N) is 1. The highest BCUT2D eigenvalue weighted by Crippen LogP contribution is 2.21. The Balaban J connectivity index is 2.12. The molecule has 1 heterocycles. The number of cyclic esters (lactones) is 1. The first-order valence-electron chi connectivity index (χ1n) is 5.33. The summed E-state index contributed by atoms with van der Waals surface area (Å²) >= 11 is 0. The molecule has 1 saturated heterocycles. The Morgan fingerprint density at radius 1 is 1.41 bits per heavy atom. The lowest BCUT2D eigenvalue weighted by molar-refractivity contribution is -0.145. The fourth-order valence-corrected chi connectivity index (χ4v) is 1.85. The molecule has 5 heteroatoms. The molecular weight excluding hydrogens is 222 g/mol. The van der Waals surface area contributed by atoms with Crippen molar-refractivity contribution in [3.63, 3.8) is 0 Å². The van der Waals surface area contributed by atoms with E-state index in [2.05, 4.69) is 0 Å². The summed E-state index contributed by atoms with van der Waals surface area (Å²) in [4.78, 5) is 23.8. The quantitative estimate of drug-likeness (QED) is 0.861. The molecule has 0 bridgehead atoms. The van der Waals surface area contributed by atoms with E-state index in [0.29, 0.717) is 6.54 Å². The molecule has 2 rings (SSSR count). The van der Waals surface area contributed by atoms with Crippen LogP contribution in [-0.4, -0.2) is 34.2 Å². The summed E-state index contributed by atoms with van der Waals surface area (Å²) in [5, 5.41) is 8.88. The van der Waals surface area contributed by atoms with Crippen molar-refractivity contribution in [3.05, 3.63) is 35.9 Å². The minimum Gasteiger partial charge on any atom is -0.478 e. The number of rotatable bonds is 3. The van der Waals surface area contributed by atoms with Crippen LogP contribution in [0.4, 0.5) is 4.79 Å². The molecule has 1 aromatic rings. The fourth-order valence-electron chi connectivity index (χ4n) is 1.85. The van der Waals surface area contributed by atoms with E-state index in [1.807, 2.05) is 30.3 Å². The van der Waals surface area contributed by atoms with Gasteiger partial charge in [-0.3, -0.25) is 4.90 Å². The predicted molar refractivity (Wildman–Crippen MR) is 59.4 cm³/mol. The van der Waals surface area contributed by atoms with Crippen LogP contribution >= 0.6 is 0 Å². The maximum Gasteiger partial charge on any atom is 0.411 e. The molecule has 0 spiro atoms. The molecule has 0 aliphatic carbocycles. The van der Waals surface area contributed by atoms with Gasteiger partial charge in [0.05, 0.1) is 6.04 Å². The van der Waals surface area contributed by atoms with Crippen molar-refractivity contribution in [3.8, 4) is 0 Å². The van der Waals surface area contributed by atoms with Crippen molar-refractivity contribution >= 4 is 12.1 Å². The Kier molecular flexibility index (Phi) is 2.99. The minimum atomic E-state index is -1.11. The first-order valence-corrected chi connectivity index (χ1v) is 5.33. The van der Waals surface area contributed by atoms with Gasteiger partial charge in [-0.1, -0.05) is 30.3 Å². The Morgan fingerprint density at radius 2 is 2.06 bits per heavy atom. The van der Waals surface area contributed by atoms with Crippen molar-refractivity contribution in [2.24, 2.45) is 0 Å². The van der Waals surface area contributed by atoms with Crippen LogP contribution < -0.4 is 0 Å². The average molecular weight is 235 g/mol. The number of aliphatic carboxylic acids is 1. The van der Waals surface area contributed by atoms with Crippen molar-refractivity contribution in [2.75, 3.05) is 0 Å². The highest BCUT2D eigenvalue weighted by molar-refractivity contribution is 5.82. The van der Waals surface area contributed by atoms with Crippen LogP contribution in [0, 0.1) is 0 Å². The van der Waals surface area contributed by atoms with Crippen molar-refractivity contribution in [1.29, 1.82) is 0 Å². The lowest BCUT2D eigenvalue weighted by Crippen LogP contribution is -2.36. The van der Waals surface area contributed by atoms with E-state index >= 15 is 0 Å². The molecule has 0 aromatic heterocycles. The summed E-state index contributed by atoms with van der Waals surface area (Å²) in [6.45, 7) is 2.04. The fraction of sp³-hybridized carbons (Fsp3) is 0.333. The molecule has 17 heavy (non-hydrogen) atoms. The molecule has 90 valence electrons. The standard InChI is InChI=1S/C12H13NO4/c1-8-10(11(14)15)17-12(16)13(8)7-9-5-3-2-4-6-9/h2-6,8,10H,7H2,1H3,(H,14,15)/t8-,10+/m0/s1. The number of amides is 1. The molecular formula is C12H13NO4. The summed E-state index contributed by atoms with van der Waals surface area (Å²) in [6.07, 6.45) is -1.65. The number of carbonyl (C=O) groups is 2. The number of carboxylic acids is 1. The van der Waals surface area contributed by atoms with Crippen LogP contribution in [0.25, 0.3) is 0 Å². The van der Waals surface area contributed by atoms with Crippen LogP contribution in [0.2, 0.25) is 0 Å². The first kappa shape index (κ1) is 11.4. The maximum absolute atomic E-state index is 11.5. The highest BCUT2D eigenvalue weighted by atomic mass is 16.6. The summed E-state index contributed by atoms with van der Waals surface area (Å²) in [6, 6.07) is 8.93. The predicted octanol–water partition coefficient (Wildman–Crippen LogP) is 1.48. The smallest absolute Gasteiger partial charge is 0.411 e. The van der Waals surface area contributed by atoms with Gasteiger partial charge in [-0.15, -0.1) is 0 Å². The van der Waals surface area contributed by atoms with E-state index in [1.165, 1.54) is 4.90 Å². The maximum atomic E-state index is 11.5. The van der Waals surface area contributed by atoms with Gasteiger partial charge >= 0.3 is 12.1 Å². The zero-order valence-electron chi connectivity index (χ0n) is 9.37. The molecule has 1 amide bonds. The number of hydrogen-bond donors (Lipinski definition) is 1. The molecule has 1 N–H and O–H groups in total. The molecule has 0 unspecified atom stereocenters. The van der Waals surface area contributed by atoms with Gasteiger partial charge in [0.1, 0.15) is 0 Å². The molecule has 1 aliphatic rings. The van der Waals surface area contributed by atoms with Crippen LogP contribution in [0.3, 0.4) is 0 Å². The monoisotopic (exact) mass is 235 g/mol. The SMILES string of the molecule is C[C@H]1[C@H](C(=O)O)OC(=O)N1Cc1ccccc1. The summed E-state index contributed by atoms with van der Waals surface area (Å²) in [5.41, 5.74) is 0.947. The van der Waals surface area contributed by atoms with Crippen molar-refractivity contribution in [2.45, 2.75) is 25.6 Å². The highest BCUT2D eigenvalue weighted by Gasteiger charge is 2.42. The van der Waals surface area contributed by atoms with E-state index in [1.54, 1.807) is 6.92 Å². The molecule has 2 atom stereocenters. The van der Waals surface area contributed by atoms with E-state index in [9.17, 15) is 9.59 Å². The molecule has 5 nitrogen and oxygen atoms in total. The molecule has 1 aliphatic heterocycles. The van der Waals surface area contributed by atoms with Gasteiger partial charge in [-0.25, -0.2) is 9.59 Å². The van der Waals surface area contributed by atoms with E-state index < -0.39 is 24.2 Å². The zero-order chi connectivity index (χ0) is 12.4. The van der Waals surface area contributed by atoms with Crippen LogP contribution in [-0.2, 0) is 16.1 Å². The molecule has 1 aromatic carbocycles. The number of carboxylic acid groups (broad SMARTS) is 1. The van der Waals surface area contributed by atoms with Gasteiger partial charge in [0.15, 0.2) is 0 Å². The second-order valence-electron chi connectivity index (χ2n) is 4.00. The molecule has 1 fully saturated rings. The minimum absolute atomic E-state index is 0.366. The van der Waals surface area contributed by atoms with Crippen LogP contribution in [0.5, 0.6) is 0 Å². The summed E-state index contributed by atoms with van der Waals surface area (Å²) < 4.78 is 4.81. The largest absolute Gasteiger partial charge is 0.478 e. The van der Waals surface area contributed by atoms with E-state index in [4.69, 9.17) is 9.84 Å². The Hall–Kier alpha value is -2.04. The number of ether oxygens (including phenoxy) is 1. The van der Waals surface area contributed by atoms with Gasteiger partial charge < -0.3 is 9.84 Å². The number of hydrogen-bond acceptors (Lipinski definition) is 3. The Labute approximate surface area is 98.6 Å². The Bertz CT molecular complexity index is 431. The van der Waals surface area contributed by atoms with Crippen LogP contribution in [0.15, 0.2) is 30.3 Å². The zero-order valence-corrected chi connectivity index (χ0v) is 9.37. The van der Waals surface area contributed by atoms with E-state index in [-0.39, 0.29) is 0 Å². The van der Waals surface area contributed by atoms with Gasteiger partial charge in [0.25, 0.3) is 0 Å². The summed E-state index contributed by atoms with van der Waals surface area (Å²) in [7, 11) is 0. The van der Waals surface area contributed by atoms with E-state index in [0.717, 1.165) is 5.56 Å². The first-order chi connectivity index (χ1) is 8.09. The molecule has 0 radical (unpaired) electrons. The lowest BCUT2D eigenvalue weighted by atomic mass is 10.1. The van der Waals surface area contributed by atoms with Gasteiger partial charge in [-0.2, -0.15) is 0 Å². The third kappa shape index (κ3) is 2.22. The van der Waals surface area contributed by atoms with Crippen molar-refractivity contribution < 1.29 is 19.4 Å². The Morgan fingerprint density at radius 3 is 2.59 bits per heavy atom. The summed E-state index contributed by atoms with van der Waals surface area (Å²) in [5.74, 6) is -1.11. The van der Waals surface area contributed by atoms with Crippen LogP contribution in [0.1, 0.15) is 12.5 Å². The third-order valence-electron chi connectivity index (χ3n) is 2.83. The normalized spacial score (nSPS) is 23.6. The van der Waals surface area contributed by atoms with Crippen molar-refractivity contribution in [1.82, 2.24) is 4.90 Å². The van der Waals surface area contributed by atoms with Gasteiger partial charge in [0.2, 0.25) is 6.10 Å². The second-order valence-corrected chi connectivity index (χ2v) is 4.00. The number of benzene rings is 1. The average Bonchev–Trinajstić information content (AvgIpc) is 2.58. The molecule has 0 saturated carbocycles. The van der Waals surface area contributed by atoms with Gasteiger partial charge in [0, 0.05) is 6.54 Å². The topological polar surface area (TPSA) is 66.8 Å². The second kappa shape index (κ2) is 4.45. The third-order valence-corrected chi connectivity index (χ3v) is 2.83.